The molecule has 9 heteroatoms. The molecule has 1 heterocycles. The summed E-state index contributed by atoms with van der Waals surface area (Å²) < 4.78 is 26.3. The zero-order chi connectivity index (χ0) is 24.9. The standard InChI is InChI=1S/C25H31N3O5S/c1-4-21(24(30)26-5-2)27(17-19-12-7-6-11-18(19)3)23(29)15-10-16-28-25(31)20-13-8-9-14-22(20)34(28,32)33/h6-9,11-14,21H,4-5,10,15-17H2,1-3H3,(H,26,30). The second kappa shape index (κ2) is 10.8. The summed E-state index contributed by atoms with van der Waals surface area (Å²) in [6, 6.07) is 13.1. The summed E-state index contributed by atoms with van der Waals surface area (Å²) in [4.78, 5) is 40.2. The van der Waals surface area contributed by atoms with Gasteiger partial charge in [-0.15, -0.1) is 0 Å². The highest BCUT2D eigenvalue weighted by Gasteiger charge is 2.40. The minimum Gasteiger partial charge on any atom is -0.355 e. The monoisotopic (exact) mass is 485 g/mol. The van der Waals surface area contributed by atoms with Gasteiger partial charge in [-0.25, -0.2) is 12.7 Å². The minimum absolute atomic E-state index is 0.00482. The maximum Gasteiger partial charge on any atom is 0.269 e. The lowest BCUT2D eigenvalue weighted by atomic mass is 10.1. The van der Waals surface area contributed by atoms with Crippen LogP contribution < -0.4 is 5.32 Å². The smallest absolute Gasteiger partial charge is 0.269 e. The summed E-state index contributed by atoms with van der Waals surface area (Å²) in [5.41, 5.74) is 2.10. The molecule has 3 rings (SSSR count). The number of likely N-dealkylation sites (N-methyl/N-ethyl adjacent to an activating group) is 1. The molecule has 1 unspecified atom stereocenters. The van der Waals surface area contributed by atoms with Gasteiger partial charge in [0, 0.05) is 26.1 Å². The van der Waals surface area contributed by atoms with Gasteiger partial charge in [0.1, 0.15) is 10.9 Å². The number of carbonyl (C=O) groups is 3. The topological polar surface area (TPSA) is 104 Å². The molecule has 182 valence electrons. The zero-order valence-electron chi connectivity index (χ0n) is 19.8. The summed E-state index contributed by atoms with van der Waals surface area (Å²) in [6.45, 7) is 6.25. The minimum atomic E-state index is -3.91. The van der Waals surface area contributed by atoms with Gasteiger partial charge in [0.15, 0.2) is 0 Å². The zero-order valence-corrected chi connectivity index (χ0v) is 20.6. The Labute approximate surface area is 201 Å². The highest BCUT2D eigenvalue weighted by Crippen LogP contribution is 2.30. The van der Waals surface area contributed by atoms with E-state index in [2.05, 4.69) is 5.32 Å². The molecule has 0 spiro atoms. The maximum atomic E-state index is 13.3. The van der Waals surface area contributed by atoms with Crippen LogP contribution in [0.1, 0.15) is 54.6 Å². The van der Waals surface area contributed by atoms with Crippen LogP contribution in [-0.2, 0) is 26.2 Å². The molecule has 34 heavy (non-hydrogen) atoms. The number of amides is 3. The van der Waals surface area contributed by atoms with Crippen molar-refractivity contribution in [2.45, 2.75) is 57.5 Å². The largest absolute Gasteiger partial charge is 0.355 e. The molecule has 8 nitrogen and oxygen atoms in total. The van der Waals surface area contributed by atoms with E-state index in [1.807, 2.05) is 45.0 Å². The lowest BCUT2D eigenvalue weighted by Gasteiger charge is -2.31. The average Bonchev–Trinajstić information content (AvgIpc) is 3.01. The number of sulfonamides is 1. The molecular formula is C25H31N3O5S. The van der Waals surface area contributed by atoms with Crippen LogP contribution in [0.15, 0.2) is 53.4 Å². The Morgan fingerprint density at radius 1 is 1.06 bits per heavy atom. The van der Waals surface area contributed by atoms with E-state index in [0.29, 0.717) is 13.0 Å². The Morgan fingerprint density at radius 3 is 2.38 bits per heavy atom. The molecule has 0 radical (unpaired) electrons. The quantitative estimate of drug-likeness (QED) is 0.557. The van der Waals surface area contributed by atoms with Crippen LogP contribution in [0.25, 0.3) is 0 Å². The second-order valence-electron chi connectivity index (χ2n) is 8.25. The molecule has 1 aliphatic heterocycles. The number of carbonyl (C=O) groups excluding carboxylic acids is 3. The predicted molar refractivity (Wildman–Crippen MR) is 128 cm³/mol. The van der Waals surface area contributed by atoms with Gasteiger partial charge in [-0.2, -0.15) is 0 Å². The van der Waals surface area contributed by atoms with Gasteiger partial charge in [-0.05, 0) is 49.9 Å². The Hall–Kier alpha value is -3.20. The Kier molecular flexibility index (Phi) is 8.09. The first kappa shape index (κ1) is 25.4. The van der Waals surface area contributed by atoms with Crippen molar-refractivity contribution in [2.24, 2.45) is 0 Å². The van der Waals surface area contributed by atoms with Crippen LogP contribution in [0.5, 0.6) is 0 Å². The lowest BCUT2D eigenvalue weighted by molar-refractivity contribution is -0.141. The molecule has 1 N–H and O–H groups in total. The molecule has 1 atom stereocenters. The number of benzene rings is 2. The van der Waals surface area contributed by atoms with Crippen molar-refractivity contribution in [1.29, 1.82) is 0 Å². The normalized spacial score (nSPS) is 15.0. The fraction of sp³-hybridized carbons (Fsp3) is 0.400. The lowest BCUT2D eigenvalue weighted by Crippen LogP contribution is -2.49. The first-order valence-electron chi connectivity index (χ1n) is 11.5. The highest BCUT2D eigenvalue weighted by atomic mass is 32.2. The number of aryl methyl sites for hydroxylation is 1. The SMILES string of the molecule is CCNC(=O)C(CC)N(Cc1ccccc1C)C(=O)CCCN1C(=O)c2ccccc2S1(=O)=O. The summed E-state index contributed by atoms with van der Waals surface area (Å²) >= 11 is 0. The molecule has 0 fully saturated rings. The van der Waals surface area contributed by atoms with Crippen molar-refractivity contribution < 1.29 is 22.8 Å². The van der Waals surface area contributed by atoms with Crippen molar-refractivity contribution >= 4 is 27.7 Å². The van der Waals surface area contributed by atoms with Crippen molar-refractivity contribution in [2.75, 3.05) is 13.1 Å². The van der Waals surface area contributed by atoms with E-state index in [1.54, 1.807) is 17.0 Å². The van der Waals surface area contributed by atoms with Gasteiger partial charge in [0.25, 0.3) is 15.9 Å². The van der Waals surface area contributed by atoms with E-state index in [0.717, 1.165) is 15.4 Å². The molecule has 1 aliphatic rings. The predicted octanol–water partition coefficient (Wildman–Crippen LogP) is 2.86. The van der Waals surface area contributed by atoms with Crippen LogP contribution in [0.2, 0.25) is 0 Å². The van der Waals surface area contributed by atoms with E-state index >= 15 is 0 Å². The van der Waals surface area contributed by atoms with Crippen LogP contribution in [-0.4, -0.2) is 54.5 Å². The third kappa shape index (κ3) is 5.14. The molecule has 0 saturated carbocycles. The maximum absolute atomic E-state index is 13.3. The van der Waals surface area contributed by atoms with Gasteiger partial charge in [0.2, 0.25) is 11.8 Å². The van der Waals surface area contributed by atoms with E-state index in [4.69, 9.17) is 0 Å². The summed E-state index contributed by atoms with van der Waals surface area (Å²) in [7, 11) is -3.91. The molecule has 2 aromatic rings. The fourth-order valence-corrected chi connectivity index (χ4v) is 5.76. The molecule has 0 bridgehead atoms. The molecule has 3 amide bonds. The molecular weight excluding hydrogens is 454 g/mol. The van der Waals surface area contributed by atoms with Gasteiger partial charge in [0.05, 0.1) is 5.56 Å². The average molecular weight is 486 g/mol. The number of hydrogen-bond acceptors (Lipinski definition) is 5. The number of rotatable bonds is 10. The van der Waals surface area contributed by atoms with Crippen LogP contribution >= 0.6 is 0 Å². The van der Waals surface area contributed by atoms with E-state index in [1.165, 1.54) is 12.1 Å². The van der Waals surface area contributed by atoms with Crippen molar-refractivity contribution in [3.05, 3.63) is 65.2 Å². The summed E-state index contributed by atoms with van der Waals surface area (Å²) in [5.74, 6) is -1.06. The van der Waals surface area contributed by atoms with Crippen LogP contribution in [0.4, 0.5) is 0 Å². The summed E-state index contributed by atoms with van der Waals surface area (Å²) in [5, 5.41) is 2.79. The Morgan fingerprint density at radius 2 is 1.74 bits per heavy atom. The number of nitrogens with one attached hydrogen (secondary N) is 1. The van der Waals surface area contributed by atoms with E-state index in [9.17, 15) is 22.8 Å². The summed E-state index contributed by atoms with van der Waals surface area (Å²) in [6.07, 6.45) is 0.614. The third-order valence-electron chi connectivity index (χ3n) is 6.00. The van der Waals surface area contributed by atoms with Gasteiger partial charge in [-0.3, -0.25) is 14.4 Å². The highest BCUT2D eigenvalue weighted by molar-refractivity contribution is 7.90. The van der Waals surface area contributed by atoms with Crippen LogP contribution in [0, 0.1) is 6.92 Å². The number of hydrogen-bond donors (Lipinski definition) is 1. The van der Waals surface area contributed by atoms with Gasteiger partial charge < -0.3 is 10.2 Å². The van der Waals surface area contributed by atoms with Gasteiger partial charge in [-0.1, -0.05) is 43.3 Å². The van der Waals surface area contributed by atoms with Crippen molar-refractivity contribution in [1.82, 2.24) is 14.5 Å². The third-order valence-corrected chi connectivity index (χ3v) is 7.84. The fourth-order valence-electron chi connectivity index (χ4n) is 4.15. The Bertz CT molecular complexity index is 1180. The van der Waals surface area contributed by atoms with Gasteiger partial charge >= 0.3 is 0 Å². The van der Waals surface area contributed by atoms with Crippen molar-refractivity contribution in [3.63, 3.8) is 0 Å². The molecule has 0 aromatic heterocycles. The molecule has 0 saturated heterocycles. The van der Waals surface area contributed by atoms with E-state index in [-0.39, 0.29) is 48.2 Å². The van der Waals surface area contributed by atoms with Crippen molar-refractivity contribution in [3.8, 4) is 0 Å². The number of fused-ring (bicyclic) bond motifs is 1. The number of nitrogens with zero attached hydrogens (tertiary/aromatic N) is 2. The molecule has 2 aromatic carbocycles. The van der Waals surface area contributed by atoms with Crippen LogP contribution in [0.3, 0.4) is 0 Å². The first-order valence-corrected chi connectivity index (χ1v) is 12.9. The first-order chi connectivity index (χ1) is 16.2. The second-order valence-corrected chi connectivity index (χ2v) is 10.1. The Balaban J connectivity index is 1.75. The molecule has 0 aliphatic carbocycles. The van der Waals surface area contributed by atoms with E-state index < -0.39 is 22.0 Å².